The highest BCUT2D eigenvalue weighted by molar-refractivity contribution is 7.89. The van der Waals surface area contributed by atoms with Crippen molar-refractivity contribution in [2.75, 3.05) is 13.1 Å². The summed E-state index contributed by atoms with van der Waals surface area (Å²) in [7, 11) is -3.76. The molecule has 0 bridgehead atoms. The van der Waals surface area contributed by atoms with Gasteiger partial charge in [-0.1, -0.05) is 12.1 Å². The quantitative estimate of drug-likeness (QED) is 0.845. The van der Waals surface area contributed by atoms with Gasteiger partial charge >= 0.3 is 0 Å². The summed E-state index contributed by atoms with van der Waals surface area (Å²) in [4.78, 5) is -0.287. The molecule has 0 saturated carbocycles. The van der Waals surface area contributed by atoms with E-state index in [1.165, 1.54) is 18.2 Å². The second-order valence-electron chi connectivity index (χ2n) is 4.09. The lowest BCUT2D eigenvalue weighted by Crippen LogP contribution is -2.45. The van der Waals surface area contributed by atoms with Crippen molar-refractivity contribution in [1.82, 2.24) is 10.0 Å². The fourth-order valence-corrected chi connectivity index (χ4v) is 3.25. The first-order valence-corrected chi connectivity index (χ1v) is 7.05. The average molecular weight is 258 g/mol. The zero-order chi connectivity index (χ0) is 12.3. The van der Waals surface area contributed by atoms with Gasteiger partial charge in [-0.2, -0.15) is 0 Å². The topological polar surface area (TPSA) is 58.2 Å². The Morgan fingerprint density at radius 3 is 2.76 bits per heavy atom. The fraction of sp³-hybridized carbons (Fsp3) is 0.455. The number of benzene rings is 1. The van der Waals surface area contributed by atoms with Gasteiger partial charge in [0.25, 0.3) is 0 Å². The van der Waals surface area contributed by atoms with E-state index < -0.39 is 15.8 Å². The molecule has 0 radical (unpaired) electrons. The monoisotopic (exact) mass is 258 g/mol. The van der Waals surface area contributed by atoms with Crippen molar-refractivity contribution in [3.05, 3.63) is 30.1 Å². The lowest BCUT2D eigenvalue weighted by molar-refractivity contribution is 0.427. The molecular weight excluding hydrogens is 243 g/mol. The summed E-state index contributed by atoms with van der Waals surface area (Å²) in [6.07, 6.45) is 1.70. The molecule has 0 aliphatic carbocycles. The van der Waals surface area contributed by atoms with Crippen molar-refractivity contribution in [2.45, 2.75) is 23.8 Å². The van der Waals surface area contributed by atoms with Crippen molar-refractivity contribution in [3.8, 4) is 0 Å². The number of rotatable bonds is 3. The highest BCUT2D eigenvalue weighted by Gasteiger charge is 2.23. The zero-order valence-electron chi connectivity index (χ0n) is 9.32. The van der Waals surface area contributed by atoms with Crippen LogP contribution < -0.4 is 10.0 Å². The van der Waals surface area contributed by atoms with Crippen LogP contribution in [0.15, 0.2) is 29.2 Å². The number of halogens is 1. The Hall–Kier alpha value is -0.980. The maximum Gasteiger partial charge on any atom is 0.243 e. The van der Waals surface area contributed by atoms with Crippen molar-refractivity contribution in [2.24, 2.45) is 0 Å². The fourth-order valence-electron chi connectivity index (χ4n) is 1.90. The minimum Gasteiger partial charge on any atom is -0.315 e. The van der Waals surface area contributed by atoms with Crippen molar-refractivity contribution >= 4 is 10.0 Å². The van der Waals surface area contributed by atoms with E-state index in [9.17, 15) is 12.8 Å². The Kier molecular flexibility index (Phi) is 3.76. The maximum atomic E-state index is 13.4. The van der Waals surface area contributed by atoms with Gasteiger partial charge in [0.15, 0.2) is 0 Å². The SMILES string of the molecule is O=S(=O)(N[C@@H]1CCCNC1)c1ccccc1F. The first-order valence-electron chi connectivity index (χ1n) is 5.57. The second kappa shape index (κ2) is 5.12. The van der Waals surface area contributed by atoms with Crippen molar-refractivity contribution < 1.29 is 12.8 Å². The zero-order valence-corrected chi connectivity index (χ0v) is 10.1. The Balaban J connectivity index is 2.16. The molecule has 0 unspecified atom stereocenters. The summed E-state index contributed by atoms with van der Waals surface area (Å²) >= 11 is 0. The first-order chi connectivity index (χ1) is 8.09. The summed E-state index contributed by atoms with van der Waals surface area (Å²) in [6.45, 7) is 1.49. The molecule has 1 saturated heterocycles. The summed E-state index contributed by atoms with van der Waals surface area (Å²) in [5, 5.41) is 3.10. The molecule has 2 rings (SSSR count). The molecule has 0 spiro atoms. The average Bonchev–Trinajstić information content (AvgIpc) is 2.30. The largest absolute Gasteiger partial charge is 0.315 e. The molecule has 1 fully saturated rings. The number of hydrogen-bond donors (Lipinski definition) is 2. The van der Waals surface area contributed by atoms with E-state index in [1.54, 1.807) is 0 Å². The highest BCUT2D eigenvalue weighted by atomic mass is 32.2. The smallest absolute Gasteiger partial charge is 0.243 e. The van der Waals surface area contributed by atoms with Crippen LogP contribution in [0.25, 0.3) is 0 Å². The van der Waals surface area contributed by atoms with Crippen LogP contribution in [0.4, 0.5) is 4.39 Å². The highest BCUT2D eigenvalue weighted by Crippen LogP contribution is 2.14. The van der Waals surface area contributed by atoms with Gasteiger partial charge in [-0.3, -0.25) is 0 Å². The van der Waals surface area contributed by atoms with Gasteiger partial charge in [-0.15, -0.1) is 0 Å². The minimum atomic E-state index is -3.76. The molecular formula is C11H15FN2O2S. The number of sulfonamides is 1. The number of piperidine rings is 1. The Bertz CT molecular complexity index is 484. The molecule has 1 aliphatic heterocycles. The van der Waals surface area contributed by atoms with Crippen LogP contribution in [-0.4, -0.2) is 27.5 Å². The standard InChI is InChI=1S/C11H15FN2O2S/c12-10-5-1-2-6-11(10)17(15,16)14-9-4-3-7-13-8-9/h1-2,5-6,9,13-14H,3-4,7-8H2/t9-/m1/s1. The van der Waals surface area contributed by atoms with Gasteiger partial charge in [0.2, 0.25) is 10.0 Å². The summed E-state index contributed by atoms with van der Waals surface area (Å²) in [5.74, 6) is -0.719. The van der Waals surface area contributed by atoms with E-state index in [4.69, 9.17) is 0 Å². The third-order valence-electron chi connectivity index (χ3n) is 2.74. The van der Waals surface area contributed by atoms with Gasteiger partial charge in [0.05, 0.1) is 0 Å². The lowest BCUT2D eigenvalue weighted by Gasteiger charge is -2.23. The molecule has 17 heavy (non-hydrogen) atoms. The van der Waals surface area contributed by atoms with Crippen molar-refractivity contribution in [1.29, 1.82) is 0 Å². The first kappa shape index (κ1) is 12.5. The van der Waals surface area contributed by atoms with Crippen molar-refractivity contribution in [3.63, 3.8) is 0 Å². The molecule has 1 heterocycles. The predicted octanol–water partition coefficient (Wildman–Crippen LogP) is 0.856. The van der Waals surface area contributed by atoms with E-state index in [1.807, 2.05) is 0 Å². The predicted molar refractivity (Wildman–Crippen MR) is 62.6 cm³/mol. The van der Waals surface area contributed by atoms with Crippen LogP contribution in [0, 0.1) is 5.82 Å². The van der Waals surface area contributed by atoms with E-state index in [0.717, 1.165) is 25.5 Å². The maximum absolute atomic E-state index is 13.4. The molecule has 6 heteroatoms. The van der Waals surface area contributed by atoms with Crippen LogP contribution >= 0.6 is 0 Å². The third-order valence-corrected chi connectivity index (χ3v) is 4.30. The molecule has 1 aromatic rings. The third kappa shape index (κ3) is 3.02. The summed E-state index contributed by atoms with van der Waals surface area (Å²) < 4.78 is 39.8. The normalized spacial score (nSPS) is 21.4. The number of hydrogen-bond acceptors (Lipinski definition) is 3. The van der Waals surface area contributed by atoms with Crippen LogP contribution in [0.3, 0.4) is 0 Å². The molecule has 1 atom stereocenters. The lowest BCUT2D eigenvalue weighted by atomic mass is 10.1. The van der Waals surface area contributed by atoms with Gasteiger partial charge in [-0.05, 0) is 31.5 Å². The molecule has 1 aliphatic rings. The molecule has 4 nitrogen and oxygen atoms in total. The Morgan fingerprint density at radius 2 is 2.12 bits per heavy atom. The number of nitrogens with one attached hydrogen (secondary N) is 2. The van der Waals surface area contributed by atoms with Crippen LogP contribution in [-0.2, 0) is 10.0 Å². The molecule has 94 valence electrons. The van der Waals surface area contributed by atoms with Gasteiger partial charge < -0.3 is 5.32 Å². The van der Waals surface area contributed by atoms with Crippen LogP contribution in [0.2, 0.25) is 0 Å². The van der Waals surface area contributed by atoms with E-state index >= 15 is 0 Å². The summed E-state index contributed by atoms with van der Waals surface area (Å²) in [6, 6.07) is 5.24. The molecule has 0 amide bonds. The molecule has 1 aromatic carbocycles. The Morgan fingerprint density at radius 1 is 1.35 bits per heavy atom. The minimum absolute atomic E-state index is 0.159. The van der Waals surface area contributed by atoms with E-state index in [-0.39, 0.29) is 10.9 Å². The molecule has 2 N–H and O–H groups in total. The van der Waals surface area contributed by atoms with Gasteiger partial charge in [0, 0.05) is 12.6 Å². The van der Waals surface area contributed by atoms with E-state index in [2.05, 4.69) is 10.0 Å². The molecule has 0 aromatic heterocycles. The second-order valence-corrected chi connectivity index (χ2v) is 5.78. The Labute approximate surface area is 100 Å². The summed E-state index contributed by atoms with van der Waals surface area (Å²) in [5.41, 5.74) is 0. The van der Waals surface area contributed by atoms with Crippen LogP contribution in [0.5, 0.6) is 0 Å². The van der Waals surface area contributed by atoms with Crippen LogP contribution in [0.1, 0.15) is 12.8 Å². The van der Waals surface area contributed by atoms with Gasteiger partial charge in [-0.25, -0.2) is 17.5 Å². The van der Waals surface area contributed by atoms with E-state index in [0.29, 0.717) is 6.54 Å². The van der Waals surface area contributed by atoms with Gasteiger partial charge in [0.1, 0.15) is 10.7 Å².